The first-order chi connectivity index (χ1) is 10.5. The molecule has 1 aromatic heterocycles. The summed E-state index contributed by atoms with van der Waals surface area (Å²) in [5.74, 6) is -0.320. The second-order valence-corrected chi connectivity index (χ2v) is 5.75. The monoisotopic (exact) mass is 327 g/mol. The van der Waals surface area contributed by atoms with Crippen LogP contribution in [-0.2, 0) is 4.74 Å². The van der Waals surface area contributed by atoms with Crippen LogP contribution in [0.5, 0.6) is 0 Å². The Morgan fingerprint density at radius 1 is 1.50 bits per heavy atom. The fourth-order valence-electron chi connectivity index (χ4n) is 2.23. The number of rotatable bonds is 4. The first-order valence-electron chi connectivity index (χ1n) is 6.96. The molecule has 2 amide bonds. The summed E-state index contributed by atoms with van der Waals surface area (Å²) in [4.78, 5) is 35.3. The van der Waals surface area contributed by atoms with Crippen LogP contribution >= 0.6 is 11.3 Å². The van der Waals surface area contributed by atoms with Crippen LogP contribution in [0, 0.1) is 10.1 Å². The summed E-state index contributed by atoms with van der Waals surface area (Å²) < 4.78 is 4.93. The molecular formula is C13H17N3O5S. The predicted octanol–water partition coefficient (Wildman–Crippen LogP) is 2.01. The molecule has 0 aliphatic carbocycles. The number of likely N-dealkylation sites (tertiary alicyclic amines) is 1. The molecule has 1 N–H and O–H groups in total. The van der Waals surface area contributed by atoms with E-state index in [0.717, 1.165) is 11.3 Å². The van der Waals surface area contributed by atoms with Gasteiger partial charge in [0.2, 0.25) is 0 Å². The van der Waals surface area contributed by atoms with Crippen molar-refractivity contribution in [2.24, 2.45) is 0 Å². The van der Waals surface area contributed by atoms with Crippen LogP contribution < -0.4 is 5.32 Å². The summed E-state index contributed by atoms with van der Waals surface area (Å²) in [7, 11) is 0. The lowest BCUT2D eigenvalue weighted by atomic mass is 10.1. The zero-order chi connectivity index (χ0) is 16.1. The molecule has 0 spiro atoms. The largest absolute Gasteiger partial charge is 0.450 e. The van der Waals surface area contributed by atoms with Gasteiger partial charge in [0.05, 0.1) is 17.1 Å². The predicted molar refractivity (Wildman–Crippen MR) is 80.1 cm³/mol. The summed E-state index contributed by atoms with van der Waals surface area (Å²) in [5, 5.41) is 14.9. The number of piperidine rings is 1. The van der Waals surface area contributed by atoms with Crippen molar-refractivity contribution in [1.29, 1.82) is 0 Å². The van der Waals surface area contributed by atoms with Crippen molar-refractivity contribution in [3.63, 3.8) is 0 Å². The van der Waals surface area contributed by atoms with Crippen molar-refractivity contribution in [1.82, 2.24) is 10.2 Å². The minimum atomic E-state index is -0.515. The summed E-state index contributed by atoms with van der Waals surface area (Å²) in [6.07, 6.45) is 0.939. The number of thiophene rings is 1. The van der Waals surface area contributed by atoms with Crippen LogP contribution in [0.3, 0.4) is 0 Å². The number of amides is 2. The Bertz CT molecular complexity index is 566. The van der Waals surface area contributed by atoms with Gasteiger partial charge in [-0.15, -0.1) is 0 Å². The highest BCUT2D eigenvalue weighted by Crippen LogP contribution is 2.23. The van der Waals surface area contributed by atoms with E-state index in [9.17, 15) is 19.7 Å². The summed E-state index contributed by atoms with van der Waals surface area (Å²) in [6.45, 7) is 3.14. The molecule has 1 aromatic rings. The maximum atomic E-state index is 12.0. The minimum absolute atomic E-state index is 0.0443. The molecule has 0 radical (unpaired) electrons. The van der Waals surface area contributed by atoms with Gasteiger partial charge in [-0.3, -0.25) is 14.9 Å². The van der Waals surface area contributed by atoms with Crippen LogP contribution in [0.2, 0.25) is 0 Å². The van der Waals surface area contributed by atoms with E-state index in [1.807, 2.05) is 0 Å². The van der Waals surface area contributed by atoms with E-state index in [4.69, 9.17) is 4.74 Å². The standard InChI is InChI=1S/C13H17N3O5S/c1-2-21-13(18)15-5-3-10(4-6-15)14-12(17)9-7-11(16(19)20)22-8-9/h7-8,10H,2-6H2,1H3,(H,14,17). The van der Waals surface area contributed by atoms with E-state index in [1.54, 1.807) is 11.8 Å². The zero-order valence-electron chi connectivity index (χ0n) is 12.1. The minimum Gasteiger partial charge on any atom is -0.450 e. The summed E-state index contributed by atoms with van der Waals surface area (Å²) >= 11 is 0.928. The van der Waals surface area contributed by atoms with Crippen molar-refractivity contribution < 1.29 is 19.2 Å². The Labute approximate surface area is 131 Å². The van der Waals surface area contributed by atoms with Crippen LogP contribution in [-0.4, -0.2) is 47.6 Å². The van der Waals surface area contributed by atoms with Gasteiger partial charge in [0.15, 0.2) is 0 Å². The molecule has 2 rings (SSSR count). The lowest BCUT2D eigenvalue weighted by Crippen LogP contribution is -2.46. The van der Waals surface area contributed by atoms with Crippen molar-refractivity contribution in [3.05, 3.63) is 27.1 Å². The van der Waals surface area contributed by atoms with Crippen LogP contribution in [0.25, 0.3) is 0 Å². The van der Waals surface area contributed by atoms with E-state index < -0.39 is 4.92 Å². The Morgan fingerprint density at radius 3 is 2.73 bits per heavy atom. The molecule has 0 aromatic carbocycles. The molecule has 22 heavy (non-hydrogen) atoms. The van der Waals surface area contributed by atoms with E-state index >= 15 is 0 Å². The van der Waals surface area contributed by atoms with Gasteiger partial charge in [-0.25, -0.2) is 4.79 Å². The SMILES string of the molecule is CCOC(=O)N1CCC(NC(=O)c2csc([N+](=O)[O-])c2)CC1. The van der Waals surface area contributed by atoms with Crippen LogP contribution in [0.1, 0.15) is 30.1 Å². The van der Waals surface area contributed by atoms with Gasteiger partial charge < -0.3 is 15.0 Å². The molecule has 1 fully saturated rings. The van der Waals surface area contributed by atoms with E-state index in [2.05, 4.69) is 5.32 Å². The highest BCUT2D eigenvalue weighted by atomic mass is 32.1. The number of nitrogens with zero attached hydrogens (tertiary/aromatic N) is 2. The highest BCUT2D eigenvalue weighted by Gasteiger charge is 2.25. The maximum absolute atomic E-state index is 12.0. The van der Waals surface area contributed by atoms with Gasteiger partial charge in [-0.05, 0) is 19.8 Å². The highest BCUT2D eigenvalue weighted by molar-refractivity contribution is 7.13. The Balaban J connectivity index is 1.83. The first kappa shape index (κ1) is 16.2. The number of carbonyl (C=O) groups excluding carboxylic acids is 2. The first-order valence-corrected chi connectivity index (χ1v) is 7.84. The molecule has 0 unspecified atom stereocenters. The summed E-state index contributed by atoms with van der Waals surface area (Å²) in [5.41, 5.74) is 0.296. The second-order valence-electron chi connectivity index (χ2n) is 4.86. The average molecular weight is 327 g/mol. The quantitative estimate of drug-likeness (QED) is 0.673. The summed E-state index contributed by atoms with van der Waals surface area (Å²) in [6, 6.07) is 1.23. The molecule has 0 bridgehead atoms. The topological polar surface area (TPSA) is 102 Å². The molecule has 2 heterocycles. The van der Waals surface area contributed by atoms with Crippen LogP contribution in [0.4, 0.5) is 9.80 Å². The van der Waals surface area contributed by atoms with Gasteiger partial charge in [0.1, 0.15) is 0 Å². The lowest BCUT2D eigenvalue weighted by Gasteiger charge is -2.31. The third-order valence-corrected chi connectivity index (χ3v) is 4.26. The number of nitrogens with one attached hydrogen (secondary N) is 1. The van der Waals surface area contributed by atoms with Crippen molar-refractivity contribution in [2.75, 3.05) is 19.7 Å². The van der Waals surface area contributed by atoms with Gasteiger partial charge in [-0.2, -0.15) is 0 Å². The van der Waals surface area contributed by atoms with E-state index in [-0.39, 0.29) is 23.0 Å². The molecule has 8 nitrogen and oxygen atoms in total. The molecule has 1 aliphatic heterocycles. The van der Waals surface area contributed by atoms with Gasteiger partial charge in [0, 0.05) is 30.6 Å². The lowest BCUT2D eigenvalue weighted by molar-refractivity contribution is -0.380. The molecular weight excluding hydrogens is 310 g/mol. The number of nitro groups is 1. The number of hydrogen-bond acceptors (Lipinski definition) is 6. The van der Waals surface area contributed by atoms with Gasteiger partial charge in [-0.1, -0.05) is 11.3 Å². The van der Waals surface area contributed by atoms with Gasteiger partial charge >= 0.3 is 11.1 Å². The van der Waals surface area contributed by atoms with Crippen LogP contribution in [0.15, 0.2) is 11.4 Å². The van der Waals surface area contributed by atoms with E-state index in [1.165, 1.54) is 11.4 Å². The molecule has 1 saturated heterocycles. The number of ether oxygens (including phenoxy) is 1. The number of carbonyl (C=O) groups is 2. The number of hydrogen-bond donors (Lipinski definition) is 1. The fourth-order valence-corrected chi connectivity index (χ4v) is 2.93. The third kappa shape index (κ3) is 3.94. The second kappa shape index (κ2) is 7.21. The molecule has 1 aliphatic rings. The van der Waals surface area contributed by atoms with Gasteiger partial charge in [0.25, 0.3) is 5.91 Å². The smallest absolute Gasteiger partial charge is 0.409 e. The Morgan fingerprint density at radius 2 is 2.18 bits per heavy atom. The average Bonchev–Trinajstić information content (AvgIpc) is 2.98. The third-order valence-electron chi connectivity index (χ3n) is 3.38. The molecule has 120 valence electrons. The Hall–Kier alpha value is -2.16. The van der Waals surface area contributed by atoms with Crippen molar-refractivity contribution in [3.8, 4) is 0 Å². The van der Waals surface area contributed by atoms with Crippen molar-refractivity contribution >= 4 is 28.3 Å². The Kier molecular flexibility index (Phi) is 5.31. The molecule has 0 saturated carbocycles. The maximum Gasteiger partial charge on any atom is 0.409 e. The zero-order valence-corrected chi connectivity index (χ0v) is 12.9. The fraction of sp³-hybridized carbons (Fsp3) is 0.538. The normalized spacial score (nSPS) is 15.4. The molecule has 0 atom stereocenters. The van der Waals surface area contributed by atoms with E-state index in [0.29, 0.717) is 38.1 Å². The molecule has 9 heteroatoms. The van der Waals surface area contributed by atoms with Crippen molar-refractivity contribution in [2.45, 2.75) is 25.8 Å².